The number of hydrogen-bond acceptors (Lipinski definition) is 4. The predicted molar refractivity (Wildman–Crippen MR) is 96.6 cm³/mol. The minimum absolute atomic E-state index is 0.0844. The van der Waals surface area contributed by atoms with Crippen molar-refractivity contribution >= 4 is 11.0 Å². The Balaban J connectivity index is 1.97. The van der Waals surface area contributed by atoms with Gasteiger partial charge in [-0.15, -0.1) is 0 Å². The van der Waals surface area contributed by atoms with Crippen molar-refractivity contribution < 1.29 is 13.9 Å². The van der Waals surface area contributed by atoms with Gasteiger partial charge in [-0.1, -0.05) is 17.2 Å². The number of ether oxygens (including phenoxy) is 2. The summed E-state index contributed by atoms with van der Waals surface area (Å²) in [6.07, 6.45) is 5.07. The lowest BCUT2D eigenvalue weighted by molar-refractivity contribution is 0.140. The van der Waals surface area contributed by atoms with E-state index in [1.807, 2.05) is 18.2 Å². The maximum atomic E-state index is 11.3. The average Bonchev–Trinajstić information content (AvgIpc) is 2.53. The molecule has 4 nitrogen and oxygen atoms in total. The Morgan fingerprint density at radius 3 is 2.67 bits per heavy atom. The average molecular weight is 328 g/mol. The van der Waals surface area contributed by atoms with Crippen molar-refractivity contribution in [3.05, 3.63) is 64.1 Å². The van der Waals surface area contributed by atoms with Gasteiger partial charge in [0.15, 0.2) is 0 Å². The number of allylic oxidation sites excluding steroid dienone is 1. The van der Waals surface area contributed by atoms with E-state index < -0.39 is 0 Å². The van der Waals surface area contributed by atoms with E-state index in [0.29, 0.717) is 17.9 Å². The molecule has 1 atom stereocenters. The van der Waals surface area contributed by atoms with E-state index >= 15 is 0 Å². The molecule has 0 N–H and O–H groups in total. The van der Waals surface area contributed by atoms with E-state index in [4.69, 9.17) is 13.9 Å². The van der Waals surface area contributed by atoms with Gasteiger partial charge in [0.05, 0.1) is 6.10 Å². The molecule has 0 saturated carbocycles. The molecule has 0 aliphatic carbocycles. The third-order valence-electron chi connectivity index (χ3n) is 3.62. The standard InChI is InChI=1S/C20H24O4/c1-14(2)11-18(22-4)12-15(3)9-10-23-17-7-5-16-6-8-20(21)24-19(16)13-17/h5-9,11,13,18H,10,12H2,1-4H3. The zero-order valence-electron chi connectivity index (χ0n) is 14.7. The van der Waals surface area contributed by atoms with E-state index in [1.54, 1.807) is 19.2 Å². The second-order valence-electron chi connectivity index (χ2n) is 6.04. The molecule has 0 saturated heterocycles. The minimum atomic E-state index is -0.361. The van der Waals surface area contributed by atoms with Crippen LogP contribution >= 0.6 is 0 Å². The summed E-state index contributed by atoms with van der Waals surface area (Å²) in [5, 5.41) is 0.873. The fraction of sp³-hybridized carbons (Fsp3) is 0.350. The van der Waals surface area contributed by atoms with Crippen LogP contribution in [0.15, 0.2) is 62.8 Å². The van der Waals surface area contributed by atoms with Crippen LogP contribution in [0.1, 0.15) is 27.2 Å². The molecule has 1 unspecified atom stereocenters. The molecule has 1 aromatic carbocycles. The first-order valence-electron chi connectivity index (χ1n) is 7.98. The lowest BCUT2D eigenvalue weighted by atomic mass is 10.1. The molecule has 0 spiro atoms. The van der Waals surface area contributed by atoms with E-state index in [0.717, 1.165) is 11.8 Å². The highest BCUT2D eigenvalue weighted by Gasteiger charge is 2.05. The van der Waals surface area contributed by atoms with E-state index in [-0.39, 0.29) is 11.7 Å². The van der Waals surface area contributed by atoms with E-state index in [9.17, 15) is 4.79 Å². The summed E-state index contributed by atoms with van der Waals surface area (Å²) in [6, 6.07) is 8.63. The van der Waals surface area contributed by atoms with Gasteiger partial charge in [-0.2, -0.15) is 0 Å². The third kappa shape index (κ3) is 5.39. The molecule has 1 heterocycles. The molecule has 0 amide bonds. The zero-order valence-corrected chi connectivity index (χ0v) is 14.7. The number of benzene rings is 1. The highest BCUT2D eigenvalue weighted by Crippen LogP contribution is 2.19. The van der Waals surface area contributed by atoms with Crippen LogP contribution in [0.5, 0.6) is 5.75 Å². The molecule has 0 aliphatic heterocycles. The Bertz CT molecular complexity index is 795. The van der Waals surface area contributed by atoms with Crippen molar-refractivity contribution in [1.82, 2.24) is 0 Å². The maximum Gasteiger partial charge on any atom is 0.336 e. The van der Waals surface area contributed by atoms with Gasteiger partial charge in [0.2, 0.25) is 0 Å². The Kier molecular flexibility index (Phi) is 6.38. The third-order valence-corrected chi connectivity index (χ3v) is 3.62. The number of hydrogen-bond donors (Lipinski definition) is 0. The summed E-state index contributed by atoms with van der Waals surface area (Å²) in [4.78, 5) is 11.3. The number of rotatable bonds is 7. The van der Waals surface area contributed by atoms with Gasteiger partial charge in [-0.05, 0) is 51.5 Å². The van der Waals surface area contributed by atoms with Crippen LogP contribution in [-0.4, -0.2) is 19.8 Å². The summed E-state index contributed by atoms with van der Waals surface area (Å²) in [6.45, 7) is 6.64. The highest BCUT2D eigenvalue weighted by atomic mass is 16.5. The first-order valence-corrected chi connectivity index (χ1v) is 7.98. The lowest BCUT2D eigenvalue weighted by Crippen LogP contribution is -2.08. The molecule has 0 aliphatic rings. The first-order chi connectivity index (χ1) is 11.5. The minimum Gasteiger partial charge on any atom is -0.489 e. The van der Waals surface area contributed by atoms with Crippen LogP contribution < -0.4 is 10.4 Å². The molecule has 0 bridgehead atoms. The van der Waals surface area contributed by atoms with Gasteiger partial charge in [0.25, 0.3) is 0 Å². The highest BCUT2D eigenvalue weighted by molar-refractivity contribution is 5.77. The molecule has 2 rings (SSSR count). The first kappa shape index (κ1) is 18.0. The van der Waals surface area contributed by atoms with Gasteiger partial charge >= 0.3 is 5.63 Å². The molecule has 0 fully saturated rings. The summed E-state index contributed by atoms with van der Waals surface area (Å²) >= 11 is 0. The zero-order chi connectivity index (χ0) is 17.5. The summed E-state index contributed by atoms with van der Waals surface area (Å²) < 4.78 is 16.3. The molecule has 128 valence electrons. The SMILES string of the molecule is COC(C=C(C)C)CC(C)=CCOc1ccc2ccc(=O)oc2c1. The van der Waals surface area contributed by atoms with Crippen molar-refractivity contribution in [3.63, 3.8) is 0 Å². The van der Waals surface area contributed by atoms with Gasteiger partial charge in [-0.25, -0.2) is 4.79 Å². The quantitative estimate of drug-likeness (QED) is 0.555. The molecular weight excluding hydrogens is 304 g/mol. The van der Waals surface area contributed by atoms with Crippen molar-refractivity contribution in [2.45, 2.75) is 33.3 Å². The van der Waals surface area contributed by atoms with Crippen molar-refractivity contribution in [2.24, 2.45) is 0 Å². The van der Waals surface area contributed by atoms with Crippen LogP contribution in [0.2, 0.25) is 0 Å². The van der Waals surface area contributed by atoms with Crippen molar-refractivity contribution in [2.75, 3.05) is 13.7 Å². The van der Waals surface area contributed by atoms with Crippen LogP contribution in [0.4, 0.5) is 0 Å². The molecule has 4 heteroatoms. The molecular formula is C20H24O4. The Hall–Kier alpha value is -2.33. The fourth-order valence-electron chi connectivity index (χ4n) is 2.39. The molecule has 0 radical (unpaired) electrons. The fourth-order valence-corrected chi connectivity index (χ4v) is 2.39. The van der Waals surface area contributed by atoms with E-state index in [2.05, 4.69) is 26.8 Å². The molecule has 1 aromatic heterocycles. The predicted octanol–water partition coefficient (Wildman–Crippen LogP) is 4.49. The van der Waals surface area contributed by atoms with Crippen LogP contribution in [0, 0.1) is 0 Å². The summed E-state index contributed by atoms with van der Waals surface area (Å²) in [7, 11) is 1.72. The summed E-state index contributed by atoms with van der Waals surface area (Å²) in [5.74, 6) is 0.675. The topological polar surface area (TPSA) is 48.7 Å². The van der Waals surface area contributed by atoms with Gasteiger partial charge in [0, 0.05) is 24.6 Å². The normalized spacial score (nSPS) is 12.9. The van der Waals surface area contributed by atoms with Crippen molar-refractivity contribution in [1.29, 1.82) is 0 Å². The smallest absolute Gasteiger partial charge is 0.336 e. The van der Waals surface area contributed by atoms with Crippen LogP contribution in [-0.2, 0) is 4.74 Å². The largest absolute Gasteiger partial charge is 0.489 e. The van der Waals surface area contributed by atoms with Crippen molar-refractivity contribution in [3.8, 4) is 5.75 Å². The van der Waals surface area contributed by atoms with Crippen LogP contribution in [0.25, 0.3) is 11.0 Å². The number of methoxy groups -OCH3 is 1. The molecule has 24 heavy (non-hydrogen) atoms. The van der Waals surface area contributed by atoms with Gasteiger partial charge in [-0.3, -0.25) is 0 Å². The number of fused-ring (bicyclic) bond motifs is 1. The second kappa shape index (κ2) is 8.50. The summed E-state index contributed by atoms with van der Waals surface area (Å²) in [5.41, 5.74) is 2.61. The Morgan fingerprint density at radius 2 is 1.96 bits per heavy atom. The van der Waals surface area contributed by atoms with Crippen LogP contribution in [0.3, 0.4) is 0 Å². The van der Waals surface area contributed by atoms with Gasteiger partial charge < -0.3 is 13.9 Å². The lowest BCUT2D eigenvalue weighted by Gasteiger charge is -2.12. The molecule has 2 aromatic rings. The second-order valence-corrected chi connectivity index (χ2v) is 6.04. The monoisotopic (exact) mass is 328 g/mol. The maximum absolute atomic E-state index is 11.3. The van der Waals surface area contributed by atoms with E-state index in [1.165, 1.54) is 17.2 Å². The van der Waals surface area contributed by atoms with Gasteiger partial charge in [0.1, 0.15) is 17.9 Å². The Morgan fingerprint density at radius 1 is 1.21 bits per heavy atom. The Labute approximate surface area is 142 Å².